The number of benzene rings is 1. The summed E-state index contributed by atoms with van der Waals surface area (Å²) in [6, 6.07) is 13.1. The molecule has 0 unspecified atom stereocenters. The molecule has 2 heterocycles. The number of aromatic nitrogens is 3. The molecule has 4 rings (SSSR count). The zero-order valence-electron chi connectivity index (χ0n) is 15.9. The standard InChI is InChI=1S/C21H28N6/c1-27(21-19-11-12-22-20(19)23-15-24-21)18-9-7-17(8-10-18)14-26-25-13-16-5-3-2-4-6-16/h2-6,11-12,15,17-18,25-26H,7-10,13-14H2,1H3,(H,22,23,24). The molecule has 2 aromatic heterocycles. The van der Waals surface area contributed by atoms with Crippen molar-refractivity contribution in [2.45, 2.75) is 38.3 Å². The monoisotopic (exact) mass is 364 g/mol. The van der Waals surface area contributed by atoms with E-state index in [9.17, 15) is 0 Å². The Morgan fingerprint density at radius 2 is 1.85 bits per heavy atom. The van der Waals surface area contributed by atoms with Gasteiger partial charge in [-0.3, -0.25) is 10.9 Å². The van der Waals surface area contributed by atoms with Crippen LogP contribution in [0.3, 0.4) is 0 Å². The van der Waals surface area contributed by atoms with Crippen LogP contribution in [0.25, 0.3) is 11.0 Å². The molecule has 3 aromatic rings. The fourth-order valence-corrected chi connectivity index (χ4v) is 4.03. The van der Waals surface area contributed by atoms with Crippen molar-refractivity contribution in [2.75, 3.05) is 18.5 Å². The van der Waals surface area contributed by atoms with Gasteiger partial charge in [-0.25, -0.2) is 9.97 Å². The first-order valence-electron chi connectivity index (χ1n) is 9.82. The minimum absolute atomic E-state index is 0.548. The predicted molar refractivity (Wildman–Crippen MR) is 109 cm³/mol. The second kappa shape index (κ2) is 8.50. The number of fused-ring (bicyclic) bond motifs is 1. The Kier molecular flexibility index (Phi) is 5.65. The highest BCUT2D eigenvalue weighted by molar-refractivity contribution is 5.87. The lowest BCUT2D eigenvalue weighted by atomic mass is 9.85. The van der Waals surface area contributed by atoms with Crippen LogP contribution in [0.5, 0.6) is 0 Å². The number of nitrogens with zero attached hydrogens (tertiary/aromatic N) is 3. The fourth-order valence-electron chi connectivity index (χ4n) is 4.03. The molecule has 3 N–H and O–H groups in total. The lowest BCUT2D eigenvalue weighted by Crippen LogP contribution is -2.40. The molecule has 0 spiro atoms. The first-order valence-corrected chi connectivity index (χ1v) is 9.82. The van der Waals surface area contributed by atoms with Gasteiger partial charge in [-0.05, 0) is 43.2 Å². The van der Waals surface area contributed by atoms with E-state index in [2.05, 4.69) is 74.1 Å². The number of anilines is 1. The van der Waals surface area contributed by atoms with E-state index in [1.54, 1.807) is 6.33 Å². The summed E-state index contributed by atoms with van der Waals surface area (Å²) in [5.41, 5.74) is 8.97. The number of H-pyrrole nitrogens is 1. The van der Waals surface area contributed by atoms with Crippen molar-refractivity contribution >= 4 is 16.9 Å². The molecule has 142 valence electrons. The van der Waals surface area contributed by atoms with Gasteiger partial charge in [-0.1, -0.05) is 30.3 Å². The van der Waals surface area contributed by atoms with Crippen LogP contribution in [-0.4, -0.2) is 34.6 Å². The topological polar surface area (TPSA) is 68.9 Å². The van der Waals surface area contributed by atoms with Crippen LogP contribution in [0.2, 0.25) is 0 Å². The number of hydrogen-bond acceptors (Lipinski definition) is 5. The summed E-state index contributed by atoms with van der Waals surface area (Å²) in [6.45, 7) is 1.89. The third kappa shape index (κ3) is 4.28. The molecule has 6 heteroatoms. The third-order valence-electron chi connectivity index (χ3n) is 5.68. The van der Waals surface area contributed by atoms with E-state index in [0.29, 0.717) is 6.04 Å². The Morgan fingerprint density at radius 1 is 1.04 bits per heavy atom. The molecule has 27 heavy (non-hydrogen) atoms. The first-order chi connectivity index (χ1) is 13.3. The molecule has 0 bridgehead atoms. The van der Waals surface area contributed by atoms with E-state index in [4.69, 9.17) is 0 Å². The number of hydrogen-bond donors (Lipinski definition) is 3. The molecule has 0 atom stereocenters. The zero-order chi connectivity index (χ0) is 18.5. The van der Waals surface area contributed by atoms with E-state index in [1.807, 2.05) is 6.20 Å². The zero-order valence-corrected chi connectivity index (χ0v) is 15.9. The van der Waals surface area contributed by atoms with E-state index >= 15 is 0 Å². The smallest absolute Gasteiger partial charge is 0.142 e. The molecule has 1 aliphatic rings. The van der Waals surface area contributed by atoms with Crippen molar-refractivity contribution in [2.24, 2.45) is 5.92 Å². The minimum atomic E-state index is 0.548. The molecular formula is C21H28N6. The third-order valence-corrected chi connectivity index (χ3v) is 5.68. The van der Waals surface area contributed by atoms with Crippen LogP contribution in [0.15, 0.2) is 48.9 Å². The highest BCUT2D eigenvalue weighted by atomic mass is 15.3. The summed E-state index contributed by atoms with van der Waals surface area (Å²) in [4.78, 5) is 14.3. The molecule has 0 aliphatic heterocycles. The van der Waals surface area contributed by atoms with Gasteiger partial charge in [-0.15, -0.1) is 0 Å². The number of hydrazine groups is 1. The van der Waals surface area contributed by atoms with Gasteiger partial charge in [0.15, 0.2) is 0 Å². The average Bonchev–Trinajstić information content (AvgIpc) is 3.21. The summed E-state index contributed by atoms with van der Waals surface area (Å²) in [5.74, 6) is 1.77. The van der Waals surface area contributed by atoms with Crippen molar-refractivity contribution in [3.63, 3.8) is 0 Å². The van der Waals surface area contributed by atoms with Gasteiger partial charge in [-0.2, -0.15) is 0 Å². The highest BCUT2D eigenvalue weighted by Gasteiger charge is 2.25. The SMILES string of the molecule is CN(c1ncnc2[nH]ccc12)C1CCC(CNNCc2ccccc2)CC1. The predicted octanol–water partition coefficient (Wildman–Crippen LogP) is 3.25. The average molecular weight is 364 g/mol. The summed E-state index contributed by atoms with van der Waals surface area (Å²) >= 11 is 0. The van der Waals surface area contributed by atoms with Crippen LogP contribution in [-0.2, 0) is 6.54 Å². The quantitative estimate of drug-likeness (QED) is 0.443. The van der Waals surface area contributed by atoms with Crippen LogP contribution in [0.1, 0.15) is 31.2 Å². The number of rotatable bonds is 7. The van der Waals surface area contributed by atoms with Crippen LogP contribution >= 0.6 is 0 Å². The van der Waals surface area contributed by atoms with Crippen LogP contribution in [0, 0.1) is 5.92 Å². The van der Waals surface area contributed by atoms with Gasteiger partial charge in [0.05, 0.1) is 5.39 Å². The summed E-state index contributed by atoms with van der Waals surface area (Å²) in [6.07, 6.45) is 8.49. The van der Waals surface area contributed by atoms with Gasteiger partial charge in [0.2, 0.25) is 0 Å². The Morgan fingerprint density at radius 3 is 2.67 bits per heavy atom. The Balaban J connectivity index is 1.23. The second-order valence-electron chi connectivity index (χ2n) is 7.44. The van der Waals surface area contributed by atoms with Gasteiger partial charge in [0.1, 0.15) is 17.8 Å². The van der Waals surface area contributed by atoms with Crippen LogP contribution < -0.4 is 15.8 Å². The molecule has 1 aromatic carbocycles. The molecule has 1 saturated carbocycles. The first kappa shape index (κ1) is 17.9. The Bertz CT molecular complexity index is 838. The summed E-state index contributed by atoms with van der Waals surface area (Å²) < 4.78 is 0. The summed E-state index contributed by atoms with van der Waals surface area (Å²) in [5, 5.41) is 1.11. The number of aromatic amines is 1. The van der Waals surface area contributed by atoms with Crippen molar-refractivity contribution < 1.29 is 0 Å². The maximum absolute atomic E-state index is 4.54. The maximum Gasteiger partial charge on any atom is 0.142 e. The van der Waals surface area contributed by atoms with E-state index in [-0.39, 0.29) is 0 Å². The molecule has 6 nitrogen and oxygen atoms in total. The van der Waals surface area contributed by atoms with Gasteiger partial charge in [0.25, 0.3) is 0 Å². The molecule has 0 amide bonds. The van der Waals surface area contributed by atoms with Gasteiger partial charge < -0.3 is 9.88 Å². The van der Waals surface area contributed by atoms with Gasteiger partial charge in [0, 0.05) is 32.4 Å². The fraction of sp³-hybridized carbons (Fsp3) is 0.429. The van der Waals surface area contributed by atoms with Crippen molar-refractivity contribution in [1.29, 1.82) is 0 Å². The maximum atomic E-state index is 4.54. The molecule has 1 fully saturated rings. The number of nitrogens with one attached hydrogen (secondary N) is 3. The molecule has 1 aliphatic carbocycles. The van der Waals surface area contributed by atoms with Gasteiger partial charge >= 0.3 is 0 Å². The largest absolute Gasteiger partial charge is 0.356 e. The molecule has 0 saturated heterocycles. The lowest BCUT2D eigenvalue weighted by molar-refractivity contribution is 0.297. The van der Waals surface area contributed by atoms with Crippen molar-refractivity contribution in [3.05, 3.63) is 54.5 Å². The molecular weight excluding hydrogens is 336 g/mol. The Labute approximate surface area is 160 Å². The van der Waals surface area contributed by atoms with Crippen molar-refractivity contribution in [3.8, 4) is 0 Å². The van der Waals surface area contributed by atoms with E-state index < -0.39 is 0 Å². The normalized spacial score (nSPS) is 20.0. The highest BCUT2D eigenvalue weighted by Crippen LogP contribution is 2.31. The van der Waals surface area contributed by atoms with E-state index in [0.717, 1.165) is 35.9 Å². The van der Waals surface area contributed by atoms with E-state index in [1.165, 1.54) is 31.2 Å². The lowest BCUT2D eigenvalue weighted by Gasteiger charge is -2.35. The second-order valence-corrected chi connectivity index (χ2v) is 7.44. The van der Waals surface area contributed by atoms with Crippen LogP contribution in [0.4, 0.5) is 5.82 Å². The Hall–Kier alpha value is -2.44. The minimum Gasteiger partial charge on any atom is -0.356 e. The molecule has 0 radical (unpaired) electrons. The summed E-state index contributed by atoms with van der Waals surface area (Å²) in [7, 11) is 2.17. The van der Waals surface area contributed by atoms with Crippen molar-refractivity contribution in [1.82, 2.24) is 25.8 Å².